The van der Waals surface area contributed by atoms with Crippen LogP contribution in [0.4, 0.5) is 0 Å². The number of nitrogens with one attached hydrogen (secondary N) is 1. The van der Waals surface area contributed by atoms with Crippen LogP contribution in [0.25, 0.3) is 0 Å². The summed E-state index contributed by atoms with van der Waals surface area (Å²) in [4.78, 5) is 12.1. The van der Waals surface area contributed by atoms with Crippen molar-refractivity contribution in [2.45, 2.75) is 26.9 Å². The Hall–Kier alpha value is -2.13. The molecular formula is C17H20N2O. The van der Waals surface area contributed by atoms with Crippen molar-refractivity contribution in [2.75, 3.05) is 0 Å². The number of aryl methyl sites for hydroxylation is 2. The molecule has 3 nitrogen and oxygen atoms in total. The Labute approximate surface area is 119 Å². The van der Waals surface area contributed by atoms with E-state index in [4.69, 9.17) is 5.73 Å². The van der Waals surface area contributed by atoms with Crippen LogP contribution >= 0.6 is 0 Å². The topological polar surface area (TPSA) is 55.1 Å². The summed E-state index contributed by atoms with van der Waals surface area (Å²) >= 11 is 0. The average molecular weight is 268 g/mol. The zero-order valence-corrected chi connectivity index (χ0v) is 11.9. The second-order valence-electron chi connectivity index (χ2n) is 5.00. The Balaban J connectivity index is 1.98. The molecule has 2 aromatic rings. The molecule has 3 heteroatoms. The average Bonchev–Trinajstić information content (AvgIpc) is 2.48. The van der Waals surface area contributed by atoms with Gasteiger partial charge >= 0.3 is 0 Å². The van der Waals surface area contributed by atoms with Gasteiger partial charge in [0, 0.05) is 18.7 Å². The summed E-state index contributed by atoms with van der Waals surface area (Å²) in [6.45, 7) is 5.11. The van der Waals surface area contributed by atoms with Gasteiger partial charge in [-0.15, -0.1) is 0 Å². The van der Waals surface area contributed by atoms with Crippen molar-refractivity contribution < 1.29 is 4.79 Å². The molecule has 0 atom stereocenters. The zero-order chi connectivity index (χ0) is 14.5. The minimum atomic E-state index is -0.0454. The first-order valence-electron chi connectivity index (χ1n) is 6.73. The molecule has 20 heavy (non-hydrogen) atoms. The predicted octanol–water partition coefficient (Wildman–Crippen LogP) is 2.69. The molecule has 0 aromatic heterocycles. The van der Waals surface area contributed by atoms with Crippen LogP contribution in [0.3, 0.4) is 0 Å². The number of carbonyl (C=O) groups is 1. The first-order chi connectivity index (χ1) is 9.60. The van der Waals surface area contributed by atoms with Gasteiger partial charge in [0.05, 0.1) is 0 Å². The lowest BCUT2D eigenvalue weighted by Crippen LogP contribution is -2.22. The van der Waals surface area contributed by atoms with E-state index in [1.54, 1.807) is 0 Å². The van der Waals surface area contributed by atoms with Gasteiger partial charge in [-0.2, -0.15) is 0 Å². The van der Waals surface area contributed by atoms with Crippen LogP contribution in [0.1, 0.15) is 32.6 Å². The third kappa shape index (κ3) is 3.45. The fraction of sp³-hybridized carbons (Fsp3) is 0.235. The molecule has 2 rings (SSSR count). The summed E-state index contributed by atoms with van der Waals surface area (Å²) in [5.41, 5.74) is 10.7. The van der Waals surface area contributed by atoms with Crippen molar-refractivity contribution in [2.24, 2.45) is 5.73 Å². The fourth-order valence-corrected chi connectivity index (χ4v) is 1.96. The summed E-state index contributed by atoms with van der Waals surface area (Å²) in [7, 11) is 0. The first-order valence-corrected chi connectivity index (χ1v) is 6.73. The van der Waals surface area contributed by atoms with Gasteiger partial charge < -0.3 is 11.1 Å². The van der Waals surface area contributed by atoms with Crippen LogP contribution in [0.2, 0.25) is 0 Å². The number of amides is 1. The van der Waals surface area contributed by atoms with Crippen molar-refractivity contribution in [3.8, 4) is 0 Å². The van der Waals surface area contributed by atoms with Gasteiger partial charge in [-0.05, 0) is 48.2 Å². The maximum absolute atomic E-state index is 12.1. The van der Waals surface area contributed by atoms with Gasteiger partial charge in [0.2, 0.25) is 0 Å². The molecule has 0 aliphatic rings. The molecule has 0 unspecified atom stereocenters. The van der Waals surface area contributed by atoms with E-state index in [0.717, 1.165) is 16.7 Å². The van der Waals surface area contributed by atoms with Crippen molar-refractivity contribution >= 4 is 5.91 Å². The molecule has 0 fully saturated rings. The molecule has 0 spiro atoms. The van der Waals surface area contributed by atoms with E-state index < -0.39 is 0 Å². The standard InChI is InChI=1S/C17H20N2O/c1-12-3-8-16(9-13(12)2)17(20)19-11-15-6-4-14(10-18)5-7-15/h3-9H,10-11,18H2,1-2H3,(H,19,20). The maximum atomic E-state index is 12.1. The second kappa shape index (κ2) is 6.35. The van der Waals surface area contributed by atoms with Crippen LogP contribution in [0, 0.1) is 13.8 Å². The molecule has 0 aliphatic carbocycles. The van der Waals surface area contributed by atoms with Gasteiger partial charge in [-0.1, -0.05) is 30.3 Å². The summed E-state index contributed by atoms with van der Waals surface area (Å²) in [6, 6.07) is 13.7. The summed E-state index contributed by atoms with van der Waals surface area (Å²) in [5.74, 6) is -0.0454. The number of rotatable bonds is 4. The number of carbonyl (C=O) groups excluding carboxylic acids is 1. The van der Waals surface area contributed by atoms with E-state index in [-0.39, 0.29) is 5.91 Å². The van der Waals surface area contributed by atoms with Crippen LogP contribution in [0.15, 0.2) is 42.5 Å². The van der Waals surface area contributed by atoms with Crippen LogP contribution in [-0.2, 0) is 13.1 Å². The molecule has 1 amide bonds. The number of hydrogen-bond acceptors (Lipinski definition) is 2. The van der Waals surface area contributed by atoms with E-state index in [9.17, 15) is 4.79 Å². The summed E-state index contributed by atoms with van der Waals surface area (Å²) < 4.78 is 0. The van der Waals surface area contributed by atoms with Crippen LogP contribution in [0.5, 0.6) is 0 Å². The summed E-state index contributed by atoms with van der Waals surface area (Å²) in [5, 5.41) is 2.93. The third-order valence-electron chi connectivity index (χ3n) is 3.48. The van der Waals surface area contributed by atoms with Crippen LogP contribution in [-0.4, -0.2) is 5.91 Å². The maximum Gasteiger partial charge on any atom is 0.251 e. The zero-order valence-electron chi connectivity index (χ0n) is 11.9. The van der Waals surface area contributed by atoms with Gasteiger partial charge in [-0.3, -0.25) is 4.79 Å². The monoisotopic (exact) mass is 268 g/mol. The second-order valence-corrected chi connectivity index (χ2v) is 5.00. The molecule has 3 N–H and O–H groups in total. The highest BCUT2D eigenvalue weighted by Crippen LogP contribution is 2.10. The molecule has 0 saturated carbocycles. The number of nitrogens with two attached hydrogens (primary N) is 1. The third-order valence-corrected chi connectivity index (χ3v) is 3.48. The highest BCUT2D eigenvalue weighted by molar-refractivity contribution is 5.94. The van der Waals surface area contributed by atoms with Crippen LogP contribution < -0.4 is 11.1 Å². The lowest BCUT2D eigenvalue weighted by molar-refractivity contribution is 0.0951. The first kappa shape index (κ1) is 14.3. The fourth-order valence-electron chi connectivity index (χ4n) is 1.96. The largest absolute Gasteiger partial charge is 0.348 e. The van der Waals surface area contributed by atoms with Gasteiger partial charge in [0.15, 0.2) is 0 Å². The van der Waals surface area contributed by atoms with E-state index in [2.05, 4.69) is 5.32 Å². The Bertz CT molecular complexity index is 603. The molecule has 0 bridgehead atoms. The molecular weight excluding hydrogens is 248 g/mol. The minimum Gasteiger partial charge on any atom is -0.348 e. The Morgan fingerprint density at radius 1 is 1.00 bits per heavy atom. The molecule has 0 saturated heterocycles. The lowest BCUT2D eigenvalue weighted by Gasteiger charge is -2.08. The molecule has 0 radical (unpaired) electrons. The molecule has 104 valence electrons. The van der Waals surface area contributed by atoms with Crippen molar-refractivity contribution in [3.05, 3.63) is 70.3 Å². The quantitative estimate of drug-likeness (QED) is 0.895. The highest BCUT2D eigenvalue weighted by atomic mass is 16.1. The van der Waals surface area contributed by atoms with Gasteiger partial charge in [-0.25, -0.2) is 0 Å². The van der Waals surface area contributed by atoms with E-state index in [0.29, 0.717) is 18.7 Å². The minimum absolute atomic E-state index is 0.0454. The summed E-state index contributed by atoms with van der Waals surface area (Å²) in [6.07, 6.45) is 0. The van der Waals surface area contributed by atoms with Crippen molar-refractivity contribution in [3.63, 3.8) is 0 Å². The smallest absolute Gasteiger partial charge is 0.251 e. The number of hydrogen-bond donors (Lipinski definition) is 2. The van der Waals surface area contributed by atoms with E-state index in [1.807, 2.05) is 56.3 Å². The highest BCUT2D eigenvalue weighted by Gasteiger charge is 2.06. The van der Waals surface area contributed by atoms with E-state index >= 15 is 0 Å². The van der Waals surface area contributed by atoms with Crippen molar-refractivity contribution in [1.29, 1.82) is 0 Å². The molecule has 0 aliphatic heterocycles. The Kier molecular flexibility index (Phi) is 4.53. The molecule has 0 heterocycles. The van der Waals surface area contributed by atoms with Crippen molar-refractivity contribution in [1.82, 2.24) is 5.32 Å². The normalized spacial score (nSPS) is 10.3. The number of benzene rings is 2. The van der Waals surface area contributed by atoms with Gasteiger partial charge in [0.25, 0.3) is 5.91 Å². The van der Waals surface area contributed by atoms with Gasteiger partial charge in [0.1, 0.15) is 0 Å². The van der Waals surface area contributed by atoms with E-state index in [1.165, 1.54) is 5.56 Å². The Morgan fingerprint density at radius 2 is 1.65 bits per heavy atom. The predicted molar refractivity (Wildman–Crippen MR) is 81.4 cm³/mol. The SMILES string of the molecule is Cc1ccc(C(=O)NCc2ccc(CN)cc2)cc1C. The molecule has 2 aromatic carbocycles. The Morgan fingerprint density at radius 3 is 2.25 bits per heavy atom. The lowest BCUT2D eigenvalue weighted by atomic mass is 10.1.